The molecular formula is C20H20ClN3O5. The number of benzene rings is 2. The van der Waals surface area contributed by atoms with Crippen LogP contribution in [0.25, 0.3) is 0 Å². The maximum absolute atomic E-state index is 13.0. The van der Waals surface area contributed by atoms with Gasteiger partial charge >= 0.3 is 6.03 Å². The van der Waals surface area contributed by atoms with Crippen molar-refractivity contribution in [2.24, 2.45) is 0 Å². The summed E-state index contributed by atoms with van der Waals surface area (Å²) in [4.78, 5) is 38.8. The van der Waals surface area contributed by atoms with Gasteiger partial charge in [-0.15, -0.1) is 0 Å². The van der Waals surface area contributed by atoms with Gasteiger partial charge in [0.1, 0.15) is 23.6 Å². The first-order chi connectivity index (χ1) is 13.8. The summed E-state index contributed by atoms with van der Waals surface area (Å²) in [6.07, 6.45) is 0. The normalized spacial score (nSPS) is 18.4. The Morgan fingerprint density at radius 3 is 2.55 bits per heavy atom. The quantitative estimate of drug-likeness (QED) is 0.704. The number of imide groups is 1. The van der Waals surface area contributed by atoms with Gasteiger partial charge < -0.3 is 20.1 Å². The van der Waals surface area contributed by atoms with Crippen molar-refractivity contribution in [2.45, 2.75) is 12.5 Å². The van der Waals surface area contributed by atoms with Gasteiger partial charge in [-0.25, -0.2) is 4.79 Å². The zero-order valence-electron chi connectivity index (χ0n) is 16.1. The molecule has 29 heavy (non-hydrogen) atoms. The molecule has 8 nitrogen and oxygen atoms in total. The Labute approximate surface area is 172 Å². The van der Waals surface area contributed by atoms with E-state index in [2.05, 4.69) is 10.6 Å². The van der Waals surface area contributed by atoms with Crippen LogP contribution in [0.3, 0.4) is 0 Å². The molecule has 0 spiro atoms. The fraction of sp³-hybridized carbons (Fsp3) is 0.250. The second-order valence-electron chi connectivity index (χ2n) is 6.54. The molecule has 1 aliphatic rings. The van der Waals surface area contributed by atoms with Gasteiger partial charge in [-0.1, -0.05) is 29.8 Å². The van der Waals surface area contributed by atoms with Crippen LogP contribution in [0.5, 0.6) is 11.5 Å². The van der Waals surface area contributed by atoms with Crippen molar-refractivity contribution in [1.29, 1.82) is 0 Å². The smallest absolute Gasteiger partial charge is 0.325 e. The third-order valence-corrected chi connectivity index (χ3v) is 5.00. The summed E-state index contributed by atoms with van der Waals surface area (Å²) in [7, 11) is 2.96. The van der Waals surface area contributed by atoms with Crippen molar-refractivity contribution in [3.05, 3.63) is 53.1 Å². The van der Waals surface area contributed by atoms with E-state index in [1.165, 1.54) is 14.2 Å². The van der Waals surface area contributed by atoms with Gasteiger partial charge in [0.05, 0.1) is 19.9 Å². The average Bonchev–Trinajstić information content (AvgIpc) is 2.92. The molecule has 0 saturated carbocycles. The monoisotopic (exact) mass is 417 g/mol. The third kappa shape index (κ3) is 3.84. The molecule has 3 rings (SSSR count). The number of halogens is 1. The second-order valence-corrected chi connectivity index (χ2v) is 6.95. The van der Waals surface area contributed by atoms with Crippen LogP contribution >= 0.6 is 11.6 Å². The van der Waals surface area contributed by atoms with E-state index in [9.17, 15) is 14.4 Å². The number of nitrogens with zero attached hydrogens (tertiary/aromatic N) is 1. The van der Waals surface area contributed by atoms with Gasteiger partial charge in [0.2, 0.25) is 5.91 Å². The zero-order valence-corrected chi connectivity index (χ0v) is 16.9. The molecule has 1 aliphatic heterocycles. The topological polar surface area (TPSA) is 97.0 Å². The lowest BCUT2D eigenvalue weighted by atomic mass is 9.92. The van der Waals surface area contributed by atoms with Gasteiger partial charge in [-0.2, -0.15) is 0 Å². The summed E-state index contributed by atoms with van der Waals surface area (Å²) in [6.45, 7) is 1.09. The average molecular weight is 418 g/mol. The number of hydrogen-bond acceptors (Lipinski definition) is 5. The number of rotatable bonds is 6. The summed E-state index contributed by atoms with van der Waals surface area (Å²) in [5, 5.41) is 5.61. The Bertz CT molecular complexity index is 980. The fourth-order valence-electron chi connectivity index (χ4n) is 3.13. The van der Waals surface area contributed by atoms with Crippen molar-refractivity contribution in [3.8, 4) is 11.5 Å². The summed E-state index contributed by atoms with van der Waals surface area (Å²) in [5.74, 6) is -0.202. The highest BCUT2D eigenvalue weighted by molar-refractivity contribution is 6.32. The van der Waals surface area contributed by atoms with Crippen LogP contribution in [-0.2, 0) is 15.1 Å². The number of anilines is 1. The minimum Gasteiger partial charge on any atom is -0.497 e. The highest BCUT2D eigenvalue weighted by Crippen LogP contribution is 2.33. The van der Waals surface area contributed by atoms with Crippen LogP contribution in [0, 0.1) is 0 Å². The third-order valence-electron chi connectivity index (χ3n) is 4.67. The van der Waals surface area contributed by atoms with Crippen LogP contribution < -0.4 is 20.1 Å². The lowest BCUT2D eigenvalue weighted by Crippen LogP contribution is -2.42. The standard InChI is InChI=1S/C20H20ClN3O5/c1-20(13-6-4-5-7-14(13)21)18(26)24(19(27)23-20)11-17(25)22-15-10-12(28-2)8-9-16(15)29-3/h4-10H,11H2,1-3H3,(H,22,25)(H,23,27)/t20-/m1/s1. The number of methoxy groups -OCH3 is 2. The molecule has 1 heterocycles. The Morgan fingerprint density at radius 1 is 1.17 bits per heavy atom. The predicted molar refractivity (Wildman–Crippen MR) is 107 cm³/mol. The fourth-order valence-corrected chi connectivity index (χ4v) is 3.46. The molecule has 2 aromatic carbocycles. The summed E-state index contributed by atoms with van der Waals surface area (Å²) < 4.78 is 10.4. The van der Waals surface area contributed by atoms with Crippen LogP contribution in [-0.4, -0.2) is 43.5 Å². The largest absolute Gasteiger partial charge is 0.497 e. The van der Waals surface area contributed by atoms with Gasteiger partial charge in [-0.3, -0.25) is 14.5 Å². The van der Waals surface area contributed by atoms with E-state index in [0.29, 0.717) is 27.8 Å². The molecule has 9 heteroatoms. The number of ether oxygens (including phenoxy) is 2. The first kappa shape index (κ1) is 20.5. The number of hydrogen-bond donors (Lipinski definition) is 2. The van der Waals surface area contributed by atoms with Gasteiger partial charge in [0, 0.05) is 16.7 Å². The van der Waals surface area contributed by atoms with E-state index >= 15 is 0 Å². The molecule has 0 radical (unpaired) electrons. The lowest BCUT2D eigenvalue weighted by Gasteiger charge is -2.23. The van der Waals surface area contributed by atoms with E-state index in [-0.39, 0.29) is 0 Å². The second kappa shape index (κ2) is 8.00. The Kier molecular flexibility index (Phi) is 5.65. The predicted octanol–water partition coefficient (Wildman–Crippen LogP) is 2.76. The molecule has 1 atom stereocenters. The van der Waals surface area contributed by atoms with Crippen molar-refractivity contribution in [3.63, 3.8) is 0 Å². The number of urea groups is 1. The molecule has 0 unspecified atom stereocenters. The molecule has 0 bridgehead atoms. The van der Waals surface area contributed by atoms with E-state index in [1.807, 2.05) is 0 Å². The van der Waals surface area contributed by atoms with Crippen LogP contribution in [0.1, 0.15) is 12.5 Å². The lowest BCUT2D eigenvalue weighted by molar-refractivity contribution is -0.133. The SMILES string of the molecule is COc1ccc(OC)c(NC(=O)CN2C(=O)N[C@](C)(c3ccccc3Cl)C2=O)c1. The van der Waals surface area contributed by atoms with Gasteiger partial charge in [0.25, 0.3) is 5.91 Å². The highest BCUT2D eigenvalue weighted by atomic mass is 35.5. The number of carbonyl (C=O) groups excluding carboxylic acids is 3. The highest BCUT2D eigenvalue weighted by Gasteiger charge is 2.50. The maximum atomic E-state index is 13.0. The molecular weight excluding hydrogens is 398 g/mol. The van der Waals surface area contributed by atoms with Gasteiger partial charge in [-0.05, 0) is 25.1 Å². The molecule has 1 fully saturated rings. The maximum Gasteiger partial charge on any atom is 0.325 e. The minimum atomic E-state index is -1.36. The molecule has 0 aromatic heterocycles. The van der Waals surface area contributed by atoms with Gasteiger partial charge in [0.15, 0.2) is 0 Å². The van der Waals surface area contributed by atoms with E-state index in [1.54, 1.807) is 49.4 Å². The summed E-state index contributed by atoms with van der Waals surface area (Å²) in [6, 6.07) is 11.0. The minimum absolute atomic E-state index is 0.344. The molecule has 4 amide bonds. The molecule has 1 saturated heterocycles. The Balaban J connectivity index is 1.79. The summed E-state index contributed by atoms with van der Waals surface area (Å²) in [5.41, 5.74) is -0.543. The van der Waals surface area contributed by atoms with Crippen molar-refractivity contribution in [1.82, 2.24) is 10.2 Å². The van der Waals surface area contributed by atoms with Crippen LogP contribution in [0.4, 0.5) is 10.5 Å². The number of nitrogens with one attached hydrogen (secondary N) is 2. The number of carbonyl (C=O) groups is 3. The number of amides is 4. The van der Waals surface area contributed by atoms with Crippen LogP contribution in [0.2, 0.25) is 5.02 Å². The Morgan fingerprint density at radius 2 is 1.90 bits per heavy atom. The van der Waals surface area contributed by atoms with E-state index in [4.69, 9.17) is 21.1 Å². The molecule has 0 aliphatic carbocycles. The van der Waals surface area contributed by atoms with Crippen molar-refractivity contribution >= 4 is 35.1 Å². The Hall–Kier alpha value is -3.26. The first-order valence-corrected chi connectivity index (χ1v) is 9.09. The summed E-state index contributed by atoms with van der Waals surface area (Å²) >= 11 is 6.20. The van der Waals surface area contributed by atoms with Crippen molar-refractivity contribution < 1.29 is 23.9 Å². The van der Waals surface area contributed by atoms with Crippen molar-refractivity contribution in [2.75, 3.05) is 26.1 Å². The zero-order chi connectivity index (χ0) is 21.2. The molecule has 2 N–H and O–H groups in total. The van der Waals surface area contributed by atoms with Crippen LogP contribution in [0.15, 0.2) is 42.5 Å². The van der Waals surface area contributed by atoms with E-state index in [0.717, 1.165) is 4.90 Å². The molecule has 152 valence electrons. The van der Waals surface area contributed by atoms with E-state index < -0.39 is 29.9 Å². The first-order valence-electron chi connectivity index (χ1n) is 8.71. The molecule has 2 aromatic rings.